The molecule has 0 amide bonds. The molecular weight excluding hydrogens is 186 g/mol. The first kappa shape index (κ1) is 10.4. The van der Waals surface area contributed by atoms with Gasteiger partial charge >= 0.3 is 0 Å². The van der Waals surface area contributed by atoms with Gasteiger partial charge in [-0.2, -0.15) is 0 Å². The standard InChI is InChI=1S/C12H19N3/c1-9(2)15-12-8-13-6-5-10(12)7-14-11-3-4-11/h5-6,8-9,11,14-15H,3-4,7H2,1-2H3. The Bertz CT molecular complexity index is 318. The Labute approximate surface area is 91.3 Å². The minimum atomic E-state index is 0.453. The second-order valence-corrected chi connectivity index (χ2v) is 4.49. The van der Waals surface area contributed by atoms with E-state index in [4.69, 9.17) is 0 Å². The lowest BCUT2D eigenvalue weighted by Gasteiger charge is -2.14. The van der Waals surface area contributed by atoms with Gasteiger partial charge in [-0.15, -0.1) is 0 Å². The summed E-state index contributed by atoms with van der Waals surface area (Å²) in [6.45, 7) is 5.23. The second-order valence-electron chi connectivity index (χ2n) is 4.49. The summed E-state index contributed by atoms with van der Waals surface area (Å²) in [5, 5.41) is 6.93. The molecule has 0 atom stereocenters. The number of nitrogens with one attached hydrogen (secondary N) is 2. The van der Waals surface area contributed by atoms with E-state index in [9.17, 15) is 0 Å². The predicted molar refractivity (Wildman–Crippen MR) is 62.9 cm³/mol. The smallest absolute Gasteiger partial charge is 0.0574 e. The summed E-state index contributed by atoms with van der Waals surface area (Å²) < 4.78 is 0. The molecule has 1 fully saturated rings. The van der Waals surface area contributed by atoms with Gasteiger partial charge in [0.25, 0.3) is 0 Å². The Morgan fingerprint density at radius 2 is 2.27 bits per heavy atom. The van der Waals surface area contributed by atoms with Crippen molar-refractivity contribution in [3.63, 3.8) is 0 Å². The van der Waals surface area contributed by atoms with Crippen molar-refractivity contribution in [3.8, 4) is 0 Å². The van der Waals surface area contributed by atoms with E-state index in [1.165, 1.54) is 18.4 Å². The molecule has 3 heteroatoms. The molecule has 0 saturated heterocycles. The van der Waals surface area contributed by atoms with Crippen molar-refractivity contribution in [1.82, 2.24) is 10.3 Å². The van der Waals surface area contributed by atoms with Crippen molar-refractivity contribution in [1.29, 1.82) is 0 Å². The first-order valence-electron chi connectivity index (χ1n) is 5.68. The van der Waals surface area contributed by atoms with Crippen LogP contribution in [0.25, 0.3) is 0 Å². The largest absolute Gasteiger partial charge is 0.381 e. The normalized spacial score (nSPS) is 15.7. The zero-order chi connectivity index (χ0) is 10.7. The van der Waals surface area contributed by atoms with Gasteiger partial charge in [0.05, 0.1) is 11.9 Å². The van der Waals surface area contributed by atoms with Crippen molar-refractivity contribution < 1.29 is 0 Å². The lowest BCUT2D eigenvalue weighted by atomic mass is 10.2. The molecule has 1 aliphatic rings. The molecule has 82 valence electrons. The van der Waals surface area contributed by atoms with Crippen molar-refractivity contribution in [3.05, 3.63) is 24.0 Å². The minimum Gasteiger partial charge on any atom is -0.381 e. The molecule has 0 aliphatic heterocycles. The van der Waals surface area contributed by atoms with Crippen LogP contribution in [-0.2, 0) is 6.54 Å². The molecule has 0 unspecified atom stereocenters. The van der Waals surface area contributed by atoms with E-state index >= 15 is 0 Å². The monoisotopic (exact) mass is 205 g/mol. The fraction of sp³-hybridized carbons (Fsp3) is 0.583. The zero-order valence-corrected chi connectivity index (χ0v) is 9.46. The fourth-order valence-electron chi connectivity index (χ4n) is 1.56. The predicted octanol–water partition coefficient (Wildman–Crippen LogP) is 2.15. The summed E-state index contributed by atoms with van der Waals surface area (Å²) in [5.41, 5.74) is 2.46. The Morgan fingerprint density at radius 1 is 1.47 bits per heavy atom. The van der Waals surface area contributed by atoms with E-state index in [1.807, 2.05) is 12.4 Å². The van der Waals surface area contributed by atoms with E-state index < -0.39 is 0 Å². The van der Waals surface area contributed by atoms with E-state index in [0.717, 1.165) is 18.3 Å². The number of pyridine rings is 1. The Morgan fingerprint density at radius 3 is 2.93 bits per heavy atom. The van der Waals surface area contributed by atoms with Crippen LogP contribution in [0.15, 0.2) is 18.5 Å². The molecule has 1 aromatic heterocycles. The maximum Gasteiger partial charge on any atom is 0.0574 e. The van der Waals surface area contributed by atoms with Crippen LogP contribution >= 0.6 is 0 Å². The number of hydrogen-bond donors (Lipinski definition) is 2. The fourth-order valence-corrected chi connectivity index (χ4v) is 1.56. The number of hydrogen-bond acceptors (Lipinski definition) is 3. The third-order valence-electron chi connectivity index (χ3n) is 2.51. The lowest BCUT2D eigenvalue weighted by molar-refractivity contribution is 0.687. The maximum atomic E-state index is 4.15. The highest BCUT2D eigenvalue weighted by molar-refractivity contribution is 5.49. The Kier molecular flexibility index (Phi) is 3.21. The number of anilines is 1. The number of aromatic nitrogens is 1. The third kappa shape index (κ3) is 3.20. The number of rotatable bonds is 5. The van der Waals surface area contributed by atoms with Crippen molar-refractivity contribution in [2.75, 3.05) is 5.32 Å². The quantitative estimate of drug-likeness (QED) is 0.773. The highest BCUT2D eigenvalue weighted by atomic mass is 15.0. The van der Waals surface area contributed by atoms with Crippen molar-refractivity contribution >= 4 is 5.69 Å². The van der Waals surface area contributed by atoms with Crippen LogP contribution < -0.4 is 10.6 Å². The lowest BCUT2D eigenvalue weighted by Crippen LogP contribution is -2.18. The van der Waals surface area contributed by atoms with Crippen molar-refractivity contribution in [2.24, 2.45) is 0 Å². The maximum absolute atomic E-state index is 4.15. The van der Waals surface area contributed by atoms with Crippen LogP contribution in [0.2, 0.25) is 0 Å². The van der Waals surface area contributed by atoms with Gasteiger partial charge in [0.15, 0.2) is 0 Å². The van der Waals surface area contributed by atoms with Gasteiger partial charge in [0, 0.05) is 24.8 Å². The number of nitrogens with zero attached hydrogens (tertiary/aromatic N) is 1. The van der Waals surface area contributed by atoms with Crippen LogP contribution in [0.4, 0.5) is 5.69 Å². The van der Waals surface area contributed by atoms with E-state index in [0.29, 0.717) is 6.04 Å². The SMILES string of the molecule is CC(C)Nc1cnccc1CNC1CC1. The van der Waals surface area contributed by atoms with Gasteiger partial charge in [0.2, 0.25) is 0 Å². The molecule has 1 saturated carbocycles. The molecule has 1 aliphatic carbocycles. The van der Waals surface area contributed by atoms with Crippen LogP contribution in [0.1, 0.15) is 32.3 Å². The van der Waals surface area contributed by atoms with Gasteiger partial charge in [0.1, 0.15) is 0 Å². The third-order valence-corrected chi connectivity index (χ3v) is 2.51. The molecule has 0 aromatic carbocycles. The van der Waals surface area contributed by atoms with Crippen LogP contribution in [0, 0.1) is 0 Å². The van der Waals surface area contributed by atoms with Crippen molar-refractivity contribution in [2.45, 2.75) is 45.3 Å². The van der Waals surface area contributed by atoms with Gasteiger partial charge in [-0.3, -0.25) is 4.98 Å². The minimum absolute atomic E-state index is 0.453. The van der Waals surface area contributed by atoms with Crippen LogP contribution in [-0.4, -0.2) is 17.1 Å². The van der Waals surface area contributed by atoms with E-state index in [-0.39, 0.29) is 0 Å². The molecule has 3 nitrogen and oxygen atoms in total. The topological polar surface area (TPSA) is 37.0 Å². The summed E-state index contributed by atoms with van der Waals surface area (Å²) in [6.07, 6.45) is 6.43. The summed E-state index contributed by atoms with van der Waals surface area (Å²) in [7, 11) is 0. The van der Waals surface area contributed by atoms with E-state index in [2.05, 4.69) is 35.5 Å². The van der Waals surface area contributed by atoms with E-state index in [1.54, 1.807) is 0 Å². The van der Waals surface area contributed by atoms with Gasteiger partial charge in [-0.1, -0.05) is 0 Å². The second kappa shape index (κ2) is 4.62. The first-order valence-corrected chi connectivity index (χ1v) is 5.68. The van der Waals surface area contributed by atoms with Gasteiger partial charge in [-0.25, -0.2) is 0 Å². The molecule has 2 rings (SSSR count). The summed E-state index contributed by atoms with van der Waals surface area (Å²) in [4.78, 5) is 4.15. The molecule has 1 heterocycles. The molecule has 1 aromatic rings. The van der Waals surface area contributed by atoms with Crippen LogP contribution in [0.3, 0.4) is 0 Å². The molecule has 2 N–H and O–H groups in total. The molecule has 0 radical (unpaired) electrons. The Hall–Kier alpha value is -1.09. The summed E-state index contributed by atoms with van der Waals surface area (Å²) in [6, 6.07) is 3.29. The Balaban J connectivity index is 1.99. The first-order chi connectivity index (χ1) is 7.25. The average Bonchev–Trinajstić information content (AvgIpc) is 2.99. The average molecular weight is 205 g/mol. The van der Waals surface area contributed by atoms with Gasteiger partial charge < -0.3 is 10.6 Å². The van der Waals surface area contributed by atoms with Crippen LogP contribution in [0.5, 0.6) is 0 Å². The zero-order valence-electron chi connectivity index (χ0n) is 9.46. The molecule has 0 spiro atoms. The molecule has 0 bridgehead atoms. The summed E-state index contributed by atoms with van der Waals surface area (Å²) in [5.74, 6) is 0. The highest BCUT2D eigenvalue weighted by Gasteiger charge is 2.20. The molecule has 15 heavy (non-hydrogen) atoms. The molecular formula is C12H19N3. The summed E-state index contributed by atoms with van der Waals surface area (Å²) >= 11 is 0. The van der Waals surface area contributed by atoms with Gasteiger partial charge in [-0.05, 0) is 38.3 Å². The highest BCUT2D eigenvalue weighted by Crippen LogP contribution is 2.21.